The maximum atomic E-state index is 13.9. The topological polar surface area (TPSA) is 211 Å². The molecule has 2 aliphatic heterocycles. The molecule has 6 heterocycles. The summed E-state index contributed by atoms with van der Waals surface area (Å²) in [7, 11) is 1.30. The maximum absolute atomic E-state index is 13.9. The van der Waals surface area contributed by atoms with Gasteiger partial charge < -0.3 is 40.2 Å². The first-order chi connectivity index (χ1) is 29.3. The second kappa shape index (κ2) is 14.6. The Hall–Kier alpha value is -6.58. The molecule has 8 atom stereocenters. The molecular weight excluding hydrogens is 777 g/mol. The number of carbonyl (C=O) groups is 4. The summed E-state index contributed by atoms with van der Waals surface area (Å²) in [5.41, 5.74) is 8.09. The van der Waals surface area contributed by atoms with Crippen molar-refractivity contribution >= 4 is 57.1 Å². The number of fused-ring (bicyclic) bond motifs is 5. The lowest BCUT2D eigenvalue weighted by Crippen LogP contribution is -2.52. The Morgan fingerprint density at radius 3 is 1.52 bits per heavy atom. The Kier molecular flexibility index (Phi) is 9.21. The number of hydrogen-bond donors (Lipinski definition) is 5. The van der Waals surface area contributed by atoms with E-state index in [0.29, 0.717) is 17.7 Å². The third kappa shape index (κ3) is 6.87. The highest BCUT2D eigenvalue weighted by molar-refractivity contribution is 5.89. The SMILES string of the molecule is COC(=O)NC(C(=O)N1[C@@H]2C[C@@H]2C[C@H]1c1nc2cc(-c3ccc4nc(-c5ccc6[nH]c([C@@H]7C[C@H]8C[C@H]8N7C(=O)C(NC(=O)O)C(C)C)nc6c5)ccc4n3)ccc2[nH]1)C(C)C. The molecule has 4 aromatic heterocycles. The Bertz CT molecular complexity index is 2760. The van der Waals surface area contributed by atoms with Crippen LogP contribution in [0.3, 0.4) is 0 Å². The summed E-state index contributed by atoms with van der Waals surface area (Å²) in [4.78, 5) is 81.8. The molecule has 4 amide bonds. The number of likely N-dealkylation sites (tertiary alicyclic amines) is 2. The molecule has 2 aromatic carbocycles. The summed E-state index contributed by atoms with van der Waals surface area (Å²) in [5.74, 6) is 1.63. The van der Waals surface area contributed by atoms with Crippen LogP contribution in [0.2, 0.25) is 0 Å². The number of amides is 4. The number of benzene rings is 2. The fourth-order valence-electron chi connectivity index (χ4n) is 9.72. The fraction of sp³-hybridized carbons (Fsp3) is 0.422. The number of piperidine rings is 2. The summed E-state index contributed by atoms with van der Waals surface area (Å²) in [6, 6.07) is 18.1. The number of nitrogens with zero attached hydrogens (tertiary/aromatic N) is 6. The quantitative estimate of drug-likeness (QED) is 0.0985. The zero-order valence-corrected chi connectivity index (χ0v) is 34.5. The van der Waals surface area contributed by atoms with Crippen LogP contribution in [0.5, 0.6) is 0 Å². The highest BCUT2D eigenvalue weighted by Crippen LogP contribution is 2.54. The molecular formula is C45H48N10O6. The first-order valence-electron chi connectivity index (χ1n) is 21.1. The molecule has 16 nitrogen and oxygen atoms in total. The number of hydrogen-bond acceptors (Lipinski definition) is 9. The van der Waals surface area contributed by atoms with Crippen molar-refractivity contribution in [1.82, 2.24) is 50.3 Å². The largest absolute Gasteiger partial charge is 0.465 e. The third-order valence-corrected chi connectivity index (χ3v) is 13.1. The van der Waals surface area contributed by atoms with E-state index in [0.717, 1.165) is 87.1 Å². The Morgan fingerprint density at radius 1 is 0.639 bits per heavy atom. The van der Waals surface area contributed by atoms with E-state index >= 15 is 0 Å². The number of aromatic nitrogens is 6. The smallest absolute Gasteiger partial charge is 0.407 e. The van der Waals surface area contributed by atoms with Gasteiger partial charge in [0.15, 0.2) is 0 Å². The zero-order valence-electron chi connectivity index (χ0n) is 34.5. The minimum absolute atomic E-state index is 0.106. The minimum atomic E-state index is -1.21. The molecule has 0 spiro atoms. The highest BCUT2D eigenvalue weighted by atomic mass is 16.5. The van der Waals surface area contributed by atoms with Crippen LogP contribution in [0.15, 0.2) is 60.7 Å². The molecule has 10 rings (SSSR count). The van der Waals surface area contributed by atoms with Crippen molar-refractivity contribution in [2.45, 2.75) is 89.6 Å². The molecule has 4 fully saturated rings. The highest BCUT2D eigenvalue weighted by Gasteiger charge is 2.57. The van der Waals surface area contributed by atoms with Gasteiger partial charge >= 0.3 is 12.2 Å². The molecule has 4 aliphatic rings. The van der Waals surface area contributed by atoms with Gasteiger partial charge in [-0.15, -0.1) is 0 Å². The predicted octanol–water partition coefficient (Wildman–Crippen LogP) is 6.71. The number of alkyl carbamates (subject to hydrolysis) is 1. The summed E-state index contributed by atoms with van der Waals surface area (Å²) in [6.45, 7) is 7.52. The number of nitrogens with one attached hydrogen (secondary N) is 4. The van der Waals surface area contributed by atoms with Gasteiger partial charge in [0.25, 0.3) is 0 Å². The van der Waals surface area contributed by atoms with E-state index in [2.05, 4.69) is 20.6 Å². The number of carboxylic acid groups (broad SMARTS) is 1. The van der Waals surface area contributed by atoms with E-state index < -0.39 is 24.3 Å². The van der Waals surface area contributed by atoms with Crippen LogP contribution in [-0.4, -0.2) is 100 Å². The van der Waals surface area contributed by atoms with Crippen LogP contribution in [0, 0.1) is 23.7 Å². The first-order valence-corrected chi connectivity index (χ1v) is 21.1. The summed E-state index contributed by atoms with van der Waals surface area (Å²) in [6.07, 6.45) is 1.67. The number of imidazole rings is 2. The molecule has 2 aliphatic carbocycles. The summed E-state index contributed by atoms with van der Waals surface area (Å²) in [5, 5.41) is 14.6. The van der Waals surface area contributed by atoms with Gasteiger partial charge in [0.05, 0.1) is 63.7 Å². The average Bonchev–Trinajstić information content (AvgIpc) is 3.91. The second-order valence-electron chi connectivity index (χ2n) is 17.8. The third-order valence-electron chi connectivity index (χ3n) is 13.1. The number of carbonyl (C=O) groups excluding carboxylic acids is 3. The van der Waals surface area contributed by atoms with E-state index in [9.17, 15) is 24.3 Å². The molecule has 314 valence electrons. The van der Waals surface area contributed by atoms with Crippen LogP contribution in [0.4, 0.5) is 9.59 Å². The molecule has 2 saturated carbocycles. The van der Waals surface area contributed by atoms with E-state index in [1.807, 2.05) is 98.2 Å². The van der Waals surface area contributed by atoms with Crippen molar-refractivity contribution in [1.29, 1.82) is 0 Å². The molecule has 2 saturated heterocycles. The Labute approximate surface area is 350 Å². The molecule has 61 heavy (non-hydrogen) atoms. The second-order valence-corrected chi connectivity index (χ2v) is 17.8. The van der Waals surface area contributed by atoms with Gasteiger partial charge in [-0.05, 0) is 97.9 Å². The van der Waals surface area contributed by atoms with Crippen LogP contribution in [0.1, 0.15) is 77.1 Å². The van der Waals surface area contributed by atoms with E-state index in [1.165, 1.54) is 7.11 Å². The van der Waals surface area contributed by atoms with Gasteiger partial charge in [-0.2, -0.15) is 0 Å². The van der Waals surface area contributed by atoms with Crippen molar-refractivity contribution in [2.75, 3.05) is 7.11 Å². The van der Waals surface area contributed by atoms with Crippen LogP contribution in [0.25, 0.3) is 55.6 Å². The molecule has 2 unspecified atom stereocenters. The van der Waals surface area contributed by atoms with Gasteiger partial charge in [-0.1, -0.05) is 39.8 Å². The molecule has 16 heteroatoms. The number of H-pyrrole nitrogens is 2. The van der Waals surface area contributed by atoms with Crippen molar-refractivity contribution in [3.05, 3.63) is 72.3 Å². The van der Waals surface area contributed by atoms with E-state index in [1.54, 1.807) is 0 Å². The lowest BCUT2D eigenvalue weighted by atomic mass is 10.0. The minimum Gasteiger partial charge on any atom is -0.465 e. The zero-order chi connectivity index (χ0) is 42.4. The van der Waals surface area contributed by atoms with Gasteiger partial charge in [0.2, 0.25) is 11.8 Å². The lowest BCUT2D eigenvalue weighted by Gasteiger charge is -2.31. The Morgan fingerprint density at radius 2 is 1.10 bits per heavy atom. The normalized spacial score (nSPS) is 23.7. The van der Waals surface area contributed by atoms with Crippen LogP contribution >= 0.6 is 0 Å². The van der Waals surface area contributed by atoms with Crippen molar-refractivity contribution in [2.24, 2.45) is 23.7 Å². The number of aromatic amines is 2. The van der Waals surface area contributed by atoms with Crippen molar-refractivity contribution in [3.8, 4) is 22.5 Å². The van der Waals surface area contributed by atoms with Gasteiger partial charge in [0.1, 0.15) is 23.7 Å². The molecule has 0 radical (unpaired) electrons. The van der Waals surface area contributed by atoms with Gasteiger partial charge in [0, 0.05) is 23.2 Å². The first kappa shape index (κ1) is 38.6. The number of pyridine rings is 2. The molecule has 0 bridgehead atoms. The van der Waals surface area contributed by atoms with E-state index in [-0.39, 0.29) is 47.8 Å². The molecule has 6 aromatic rings. The number of rotatable bonds is 10. The lowest BCUT2D eigenvalue weighted by molar-refractivity contribution is -0.137. The standard InChI is InChI=1S/C45H48N10O6/c1-20(2)38(52-44(58)59)42(56)54-34-16-24(34)18-36(54)40-48-30-8-6-22(14-32(30)50-40)26-10-12-29-28(46-26)13-11-27(47-29)23-7-9-31-33(15-23)51-41(49-31)37-19-25-17-35(25)55(37)43(57)39(21(3)4)53-45(60)61-5/h6-15,20-21,24-25,34-39,52H,16-19H2,1-5H3,(H,48,50)(H,49,51)(H,53,60)(H,58,59)/t24-,25-,34-,35-,36+,37+,38?,39?/m1/s1. The number of ether oxygens (including phenoxy) is 1. The monoisotopic (exact) mass is 824 g/mol. The van der Waals surface area contributed by atoms with Crippen LogP contribution < -0.4 is 10.6 Å². The van der Waals surface area contributed by atoms with Gasteiger partial charge in [-0.3, -0.25) is 9.59 Å². The van der Waals surface area contributed by atoms with Crippen molar-refractivity contribution < 1.29 is 29.0 Å². The fourth-order valence-corrected chi connectivity index (χ4v) is 9.72. The Balaban J connectivity index is 0.872. The van der Waals surface area contributed by atoms with Crippen LogP contribution in [-0.2, 0) is 14.3 Å². The number of methoxy groups -OCH3 is 1. The maximum Gasteiger partial charge on any atom is 0.407 e. The van der Waals surface area contributed by atoms with Gasteiger partial charge in [-0.25, -0.2) is 29.5 Å². The molecule has 5 N–H and O–H groups in total. The summed E-state index contributed by atoms with van der Waals surface area (Å²) < 4.78 is 4.81. The van der Waals surface area contributed by atoms with E-state index in [4.69, 9.17) is 24.7 Å². The average molecular weight is 825 g/mol. The van der Waals surface area contributed by atoms with Crippen molar-refractivity contribution in [3.63, 3.8) is 0 Å². The predicted molar refractivity (Wildman–Crippen MR) is 226 cm³/mol. The summed E-state index contributed by atoms with van der Waals surface area (Å²) >= 11 is 0.